The number of hydrogen-bond acceptors (Lipinski definition) is 3. The lowest BCUT2D eigenvalue weighted by atomic mass is 9.97. The number of carbonyl (C=O) groups is 1. The van der Waals surface area contributed by atoms with Gasteiger partial charge < -0.3 is 9.64 Å². The van der Waals surface area contributed by atoms with Gasteiger partial charge in [-0.2, -0.15) is 0 Å². The summed E-state index contributed by atoms with van der Waals surface area (Å²) in [6.07, 6.45) is 1.48. The molecule has 0 bridgehead atoms. The Morgan fingerprint density at radius 3 is 2.79 bits per heavy atom. The van der Waals surface area contributed by atoms with E-state index in [1.165, 1.54) is 22.1 Å². The minimum atomic E-state index is 0.238. The summed E-state index contributed by atoms with van der Waals surface area (Å²) in [6, 6.07) is 6.50. The lowest BCUT2D eigenvalue weighted by molar-refractivity contribution is -0.128. The second-order valence-electron chi connectivity index (χ2n) is 6.94. The Labute approximate surface area is 143 Å². The van der Waals surface area contributed by atoms with Crippen LogP contribution >= 0.6 is 0 Å². The zero-order chi connectivity index (χ0) is 17.3. The van der Waals surface area contributed by atoms with Crippen molar-refractivity contribution in [3.8, 4) is 0 Å². The molecule has 0 spiro atoms. The van der Waals surface area contributed by atoms with Crippen LogP contribution in [0.5, 0.6) is 0 Å². The van der Waals surface area contributed by atoms with Gasteiger partial charge in [0.1, 0.15) is 0 Å². The molecule has 1 amide bonds. The van der Waals surface area contributed by atoms with Gasteiger partial charge in [-0.25, -0.2) is 0 Å². The van der Waals surface area contributed by atoms with E-state index < -0.39 is 0 Å². The van der Waals surface area contributed by atoms with Gasteiger partial charge in [0.05, 0.1) is 12.1 Å². The van der Waals surface area contributed by atoms with Crippen LogP contribution in [0.15, 0.2) is 18.2 Å². The number of rotatable bonds is 5. The molecule has 2 heterocycles. The van der Waals surface area contributed by atoms with E-state index in [2.05, 4.69) is 39.0 Å². The number of amides is 1. The van der Waals surface area contributed by atoms with E-state index >= 15 is 0 Å². The molecule has 1 aromatic heterocycles. The van der Waals surface area contributed by atoms with Crippen molar-refractivity contribution >= 4 is 16.8 Å². The number of benzene rings is 1. The van der Waals surface area contributed by atoms with Crippen LogP contribution in [-0.2, 0) is 16.0 Å². The molecule has 1 saturated heterocycles. The highest BCUT2D eigenvalue weighted by Crippen LogP contribution is 2.26. The second kappa shape index (κ2) is 6.89. The molecule has 1 aromatic carbocycles. The summed E-state index contributed by atoms with van der Waals surface area (Å²) in [5.74, 6) is 0.588. The first-order valence-corrected chi connectivity index (χ1v) is 8.62. The van der Waals surface area contributed by atoms with Crippen molar-refractivity contribution in [1.29, 1.82) is 0 Å². The summed E-state index contributed by atoms with van der Waals surface area (Å²) in [5, 5.41) is 1.23. The van der Waals surface area contributed by atoms with Gasteiger partial charge >= 0.3 is 0 Å². The molecule has 1 aliphatic heterocycles. The number of likely N-dealkylation sites (tertiary alicyclic amines) is 1. The number of hydrogen-bond donors (Lipinski definition) is 0. The Morgan fingerprint density at radius 2 is 2.04 bits per heavy atom. The molecule has 128 valence electrons. The van der Waals surface area contributed by atoms with Crippen molar-refractivity contribution in [3.63, 3.8) is 0 Å². The highest BCUT2D eigenvalue weighted by Gasteiger charge is 2.29. The van der Waals surface area contributed by atoms with Gasteiger partial charge in [0.2, 0.25) is 5.91 Å². The number of aromatic nitrogens is 1. The van der Waals surface area contributed by atoms with Crippen molar-refractivity contribution in [2.24, 2.45) is 5.92 Å². The molecule has 4 nitrogen and oxygen atoms in total. The molecule has 2 aromatic rings. The van der Waals surface area contributed by atoms with E-state index in [-0.39, 0.29) is 5.91 Å². The summed E-state index contributed by atoms with van der Waals surface area (Å²) >= 11 is 0. The quantitative estimate of drug-likeness (QED) is 0.847. The standard InChI is InChI=1S/C20H26N2O2/c1-13-5-6-18-14(2)9-17(21-20(18)15(13)3)10-16-11-19(23)22(12-16)7-8-24-4/h5-6,9,16H,7-8,10-12H2,1-4H3/t16-/m1/s1. The molecular formula is C20H26N2O2. The number of nitrogens with zero attached hydrogens (tertiary/aromatic N) is 2. The fraction of sp³-hybridized carbons (Fsp3) is 0.500. The number of ether oxygens (including phenoxy) is 1. The molecular weight excluding hydrogens is 300 g/mol. The summed E-state index contributed by atoms with van der Waals surface area (Å²) < 4.78 is 5.09. The normalized spacial score (nSPS) is 17.9. The highest BCUT2D eigenvalue weighted by molar-refractivity contribution is 5.86. The van der Waals surface area contributed by atoms with Crippen molar-refractivity contribution < 1.29 is 9.53 Å². The van der Waals surface area contributed by atoms with Crippen LogP contribution in [-0.4, -0.2) is 42.6 Å². The predicted octanol–water partition coefficient (Wildman–Crippen LogP) is 3.20. The van der Waals surface area contributed by atoms with Crippen LogP contribution in [0.1, 0.15) is 28.8 Å². The number of methoxy groups -OCH3 is 1. The Kier molecular flexibility index (Phi) is 4.86. The van der Waals surface area contributed by atoms with Crippen molar-refractivity contribution in [2.45, 2.75) is 33.6 Å². The lowest BCUT2D eigenvalue weighted by Crippen LogP contribution is -2.29. The molecule has 1 atom stereocenters. The van der Waals surface area contributed by atoms with Gasteiger partial charge in [0.25, 0.3) is 0 Å². The third-order valence-electron chi connectivity index (χ3n) is 5.12. The Balaban J connectivity index is 1.81. The van der Waals surface area contributed by atoms with Crippen LogP contribution in [0.3, 0.4) is 0 Å². The number of aryl methyl sites for hydroxylation is 3. The topological polar surface area (TPSA) is 42.4 Å². The minimum Gasteiger partial charge on any atom is -0.383 e. The smallest absolute Gasteiger partial charge is 0.223 e. The molecule has 3 rings (SSSR count). The largest absolute Gasteiger partial charge is 0.383 e. The molecule has 1 fully saturated rings. The first-order valence-electron chi connectivity index (χ1n) is 8.62. The van der Waals surface area contributed by atoms with E-state index in [1.807, 2.05) is 4.90 Å². The Morgan fingerprint density at radius 1 is 1.25 bits per heavy atom. The van der Waals surface area contributed by atoms with E-state index in [9.17, 15) is 4.79 Å². The third-order valence-corrected chi connectivity index (χ3v) is 5.12. The van der Waals surface area contributed by atoms with Crippen LogP contribution < -0.4 is 0 Å². The summed E-state index contributed by atoms with van der Waals surface area (Å²) in [7, 11) is 1.67. The predicted molar refractivity (Wildman–Crippen MR) is 96.2 cm³/mol. The Bertz CT molecular complexity index is 770. The maximum atomic E-state index is 12.1. The van der Waals surface area contributed by atoms with Gasteiger partial charge in [-0.15, -0.1) is 0 Å². The molecule has 0 radical (unpaired) electrons. The summed E-state index contributed by atoms with van der Waals surface area (Å²) in [5.41, 5.74) is 5.99. The summed E-state index contributed by atoms with van der Waals surface area (Å²) in [4.78, 5) is 18.9. The lowest BCUT2D eigenvalue weighted by Gasteiger charge is -2.16. The first-order chi connectivity index (χ1) is 11.5. The zero-order valence-electron chi connectivity index (χ0n) is 15.1. The fourth-order valence-electron chi connectivity index (χ4n) is 3.58. The van der Waals surface area contributed by atoms with E-state index in [0.717, 1.165) is 24.2 Å². The fourth-order valence-corrected chi connectivity index (χ4v) is 3.58. The maximum absolute atomic E-state index is 12.1. The number of pyridine rings is 1. The van der Waals surface area contributed by atoms with Gasteiger partial charge in [-0.3, -0.25) is 9.78 Å². The van der Waals surface area contributed by atoms with Crippen LogP contribution in [0.2, 0.25) is 0 Å². The molecule has 1 aliphatic rings. The van der Waals surface area contributed by atoms with Crippen LogP contribution in [0.25, 0.3) is 10.9 Å². The molecule has 0 saturated carbocycles. The third kappa shape index (κ3) is 3.29. The van der Waals surface area contributed by atoms with Gasteiger partial charge in [0, 0.05) is 37.7 Å². The molecule has 4 heteroatoms. The van der Waals surface area contributed by atoms with E-state index in [1.54, 1.807) is 7.11 Å². The number of carbonyl (C=O) groups excluding carboxylic acids is 1. The Hall–Kier alpha value is -1.94. The van der Waals surface area contributed by atoms with Gasteiger partial charge in [-0.05, 0) is 55.9 Å². The SMILES string of the molecule is COCCN1C[C@H](Cc2cc(C)c3ccc(C)c(C)c3n2)CC1=O. The van der Waals surface area contributed by atoms with Crippen LogP contribution in [0, 0.1) is 26.7 Å². The van der Waals surface area contributed by atoms with Crippen molar-refractivity contribution in [2.75, 3.05) is 26.8 Å². The van der Waals surface area contributed by atoms with E-state index in [0.29, 0.717) is 25.5 Å². The monoisotopic (exact) mass is 326 g/mol. The molecule has 0 N–H and O–H groups in total. The van der Waals surface area contributed by atoms with Gasteiger partial charge in [0.15, 0.2) is 0 Å². The van der Waals surface area contributed by atoms with Crippen molar-refractivity contribution in [1.82, 2.24) is 9.88 Å². The first kappa shape index (κ1) is 16.9. The second-order valence-corrected chi connectivity index (χ2v) is 6.94. The van der Waals surface area contributed by atoms with Crippen molar-refractivity contribution in [3.05, 3.63) is 40.6 Å². The maximum Gasteiger partial charge on any atom is 0.223 e. The highest BCUT2D eigenvalue weighted by atomic mass is 16.5. The molecule has 0 aliphatic carbocycles. The number of fused-ring (bicyclic) bond motifs is 1. The molecule has 0 unspecified atom stereocenters. The van der Waals surface area contributed by atoms with Crippen LogP contribution in [0.4, 0.5) is 0 Å². The zero-order valence-corrected chi connectivity index (χ0v) is 15.1. The summed E-state index contributed by atoms with van der Waals surface area (Å²) in [6.45, 7) is 8.51. The average molecular weight is 326 g/mol. The van der Waals surface area contributed by atoms with E-state index in [4.69, 9.17) is 9.72 Å². The average Bonchev–Trinajstić information content (AvgIpc) is 2.89. The minimum absolute atomic E-state index is 0.238. The van der Waals surface area contributed by atoms with Gasteiger partial charge in [-0.1, -0.05) is 12.1 Å². The molecule has 24 heavy (non-hydrogen) atoms.